The average molecular weight is 229 g/mol. The topological polar surface area (TPSA) is 50.1 Å². The van der Waals surface area contributed by atoms with Gasteiger partial charge in [-0.15, -0.1) is 0 Å². The van der Waals surface area contributed by atoms with Crippen LogP contribution in [0.4, 0.5) is 0 Å². The molecule has 1 fully saturated rings. The quantitative estimate of drug-likeness (QED) is 0.510. The van der Waals surface area contributed by atoms with Crippen molar-refractivity contribution in [3.63, 3.8) is 0 Å². The third-order valence-corrected chi connectivity index (χ3v) is 3.51. The van der Waals surface area contributed by atoms with Crippen molar-refractivity contribution >= 4 is 17.3 Å². The first kappa shape index (κ1) is 12.7. The van der Waals surface area contributed by atoms with E-state index in [2.05, 4.69) is 31.6 Å². The van der Waals surface area contributed by atoms with Crippen molar-refractivity contribution in [2.75, 3.05) is 0 Å². The summed E-state index contributed by atoms with van der Waals surface area (Å²) in [5.41, 5.74) is 11.6. The van der Waals surface area contributed by atoms with Crippen LogP contribution in [0.5, 0.6) is 0 Å². The van der Waals surface area contributed by atoms with Gasteiger partial charge in [-0.05, 0) is 42.8 Å². The lowest BCUT2D eigenvalue weighted by molar-refractivity contribution is 0.164. The lowest BCUT2D eigenvalue weighted by atomic mass is 9.74. The Labute approximate surface area is 98.2 Å². The monoisotopic (exact) mass is 229 g/mol. The van der Waals surface area contributed by atoms with E-state index in [4.69, 9.17) is 18.0 Å². The van der Waals surface area contributed by atoms with Gasteiger partial charge in [-0.1, -0.05) is 27.2 Å². The molecular weight excluding hydrogens is 206 g/mol. The van der Waals surface area contributed by atoms with Gasteiger partial charge >= 0.3 is 0 Å². The van der Waals surface area contributed by atoms with Crippen LogP contribution in [0, 0.1) is 17.8 Å². The Morgan fingerprint density at radius 1 is 1.40 bits per heavy atom. The predicted octanol–water partition coefficient (Wildman–Crippen LogP) is 1.78. The number of thiocarbonyl (C=S) groups is 1. The fourth-order valence-corrected chi connectivity index (χ4v) is 2.59. The van der Waals surface area contributed by atoms with Gasteiger partial charge in [-0.25, -0.2) is 5.43 Å². The highest BCUT2D eigenvalue weighted by Crippen LogP contribution is 2.33. The van der Waals surface area contributed by atoms with E-state index in [1.165, 1.54) is 19.3 Å². The summed E-state index contributed by atoms with van der Waals surface area (Å²) in [7, 11) is 0. The molecule has 1 aliphatic rings. The normalized spacial score (nSPS) is 31.6. The van der Waals surface area contributed by atoms with E-state index >= 15 is 0 Å². The Bertz CT molecular complexity index is 218. The molecule has 0 radical (unpaired) electrons. The van der Waals surface area contributed by atoms with Gasteiger partial charge in [0.1, 0.15) is 0 Å². The van der Waals surface area contributed by atoms with Crippen LogP contribution in [0.2, 0.25) is 0 Å². The maximum Gasteiger partial charge on any atom is 0.178 e. The molecule has 0 spiro atoms. The minimum absolute atomic E-state index is 0.329. The molecule has 3 nitrogen and oxygen atoms in total. The van der Waals surface area contributed by atoms with E-state index in [1.807, 2.05) is 0 Å². The lowest BCUT2D eigenvalue weighted by Gasteiger charge is -2.37. The van der Waals surface area contributed by atoms with Crippen LogP contribution in [-0.2, 0) is 0 Å². The SMILES string of the molecule is CC1CCC(C(C)C)C(NNC(N)=S)C1. The van der Waals surface area contributed by atoms with Crippen LogP contribution in [0.1, 0.15) is 40.0 Å². The van der Waals surface area contributed by atoms with Crippen LogP contribution >= 0.6 is 12.2 Å². The Balaban J connectivity index is 2.50. The summed E-state index contributed by atoms with van der Waals surface area (Å²) in [6, 6.07) is 0.496. The Kier molecular flexibility index (Phi) is 4.80. The van der Waals surface area contributed by atoms with Gasteiger partial charge in [0.05, 0.1) is 0 Å². The molecule has 0 aromatic carbocycles. The standard InChI is InChI=1S/C11H23N3S/c1-7(2)9-5-4-8(3)6-10(9)13-14-11(12)15/h7-10,13H,4-6H2,1-3H3,(H3,12,14,15). The van der Waals surface area contributed by atoms with E-state index < -0.39 is 0 Å². The molecule has 1 rings (SSSR count). The molecule has 0 amide bonds. The van der Waals surface area contributed by atoms with Crippen molar-refractivity contribution in [2.45, 2.75) is 46.1 Å². The van der Waals surface area contributed by atoms with Crippen molar-refractivity contribution in [1.82, 2.24) is 10.9 Å². The number of hydrogen-bond donors (Lipinski definition) is 3. The molecule has 3 unspecified atom stereocenters. The molecule has 88 valence electrons. The molecular formula is C11H23N3S. The predicted molar refractivity (Wildman–Crippen MR) is 68.2 cm³/mol. The van der Waals surface area contributed by atoms with Gasteiger partial charge in [-0.2, -0.15) is 0 Å². The van der Waals surface area contributed by atoms with Gasteiger partial charge < -0.3 is 5.73 Å². The summed E-state index contributed by atoms with van der Waals surface area (Å²) >= 11 is 4.80. The van der Waals surface area contributed by atoms with Crippen molar-refractivity contribution in [3.05, 3.63) is 0 Å². The first-order valence-corrected chi connectivity index (χ1v) is 6.22. The van der Waals surface area contributed by atoms with Gasteiger partial charge in [0.2, 0.25) is 0 Å². The van der Waals surface area contributed by atoms with E-state index in [0.717, 1.165) is 11.8 Å². The van der Waals surface area contributed by atoms with E-state index in [0.29, 0.717) is 17.1 Å². The number of nitrogens with two attached hydrogens (primary N) is 1. The molecule has 0 saturated heterocycles. The number of nitrogens with one attached hydrogen (secondary N) is 2. The smallest absolute Gasteiger partial charge is 0.178 e. The second kappa shape index (κ2) is 5.66. The lowest BCUT2D eigenvalue weighted by Crippen LogP contribution is -2.52. The molecule has 4 N–H and O–H groups in total. The van der Waals surface area contributed by atoms with Gasteiger partial charge in [0.15, 0.2) is 5.11 Å². The number of hydrogen-bond acceptors (Lipinski definition) is 2. The average Bonchev–Trinajstić information content (AvgIpc) is 2.14. The van der Waals surface area contributed by atoms with Gasteiger partial charge in [-0.3, -0.25) is 5.43 Å². The maximum atomic E-state index is 5.42. The summed E-state index contributed by atoms with van der Waals surface area (Å²) in [6.45, 7) is 6.89. The van der Waals surface area contributed by atoms with Crippen molar-refractivity contribution in [2.24, 2.45) is 23.5 Å². The van der Waals surface area contributed by atoms with E-state index in [-0.39, 0.29) is 0 Å². The number of rotatable bonds is 3. The fraction of sp³-hybridized carbons (Fsp3) is 0.909. The molecule has 0 aliphatic heterocycles. The highest BCUT2D eigenvalue weighted by Gasteiger charge is 2.30. The fourth-order valence-electron chi connectivity index (χ4n) is 2.53. The zero-order valence-electron chi connectivity index (χ0n) is 9.92. The highest BCUT2D eigenvalue weighted by molar-refractivity contribution is 7.80. The molecule has 0 heterocycles. The van der Waals surface area contributed by atoms with Crippen molar-refractivity contribution < 1.29 is 0 Å². The summed E-state index contributed by atoms with van der Waals surface area (Å²) < 4.78 is 0. The minimum atomic E-state index is 0.329. The van der Waals surface area contributed by atoms with Crippen molar-refractivity contribution in [1.29, 1.82) is 0 Å². The molecule has 15 heavy (non-hydrogen) atoms. The molecule has 0 bridgehead atoms. The molecule has 1 saturated carbocycles. The van der Waals surface area contributed by atoms with Gasteiger partial charge in [0, 0.05) is 6.04 Å². The van der Waals surface area contributed by atoms with Crippen LogP contribution in [0.25, 0.3) is 0 Å². The van der Waals surface area contributed by atoms with E-state index in [1.54, 1.807) is 0 Å². The maximum absolute atomic E-state index is 5.42. The zero-order valence-corrected chi connectivity index (χ0v) is 10.7. The minimum Gasteiger partial charge on any atom is -0.375 e. The second-order valence-electron chi connectivity index (χ2n) is 5.07. The zero-order chi connectivity index (χ0) is 11.4. The molecule has 4 heteroatoms. The first-order valence-electron chi connectivity index (χ1n) is 5.81. The Morgan fingerprint density at radius 3 is 2.60 bits per heavy atom. The van der Waals surface area contributed by atoms with Crippen LogP contribution in [0.15, 0.2) is 0 Å². The number of hydrazine groups is 1. The molecule has 0 aromatic rings. The molecule has 0 aromatic heterocycles. The summed E-state index contributed by atoms with van der Waals surface area (Å²) in [5, 5.41) is 0.329. The van der Waals surface area contributed by atoms with Crippen LogP contribution in [-0.4, -0.2) is 11.2 Å². The third kappa shape index (κ3) is 3.95. The highest BCUT2D eigenvalue weighted by atomic mass is 32.1. The van der Waals surface area contributed by atoms with E-state index in [9.17, 15) is 0 Å². The first-order chi connectivity index (χ1) is 7.00. The second-order valence-corrected chi connectivity index (χ2v) is 5.51. The van der Waals surface area contributed by atoms with Gasteiger partial charge in [0.25, 0.3) is 0 Å². The third-order valence-electron chi connectivity index (χ3n) is 3.40. The van der Waals surface area contributed by atoms with Crippen molar-refractivity contribution in [3.8, 4) is 0 Å². The summed E-state index contributed by atoms with van der Waals surface area (Å²) in [4.78, 5) is 0. The summed E-state index contributed by atoms with van der Waals surface area (Å²) in [6.07, 6.45) is 3.85. The molecule has 1 aliphatic carbocycles. The van der Waals surface area contributed by atoms with Crippen LogP contribution in [0.3, 0.4) is 0 Å². The summed E-state index contributed by atoms with van der Waals surface area (Å²) in [5.74, 6) is 2.23. The Hall–Kier alpha value is -0.350. The largest absolute Gasteiger partial charge is 0.375 e. The molecule has 3 atom stereocenters. The Morgan fingerprint density at radius 2 is 2.07 bits per heavy atom. The van der Waals surface area contributed by atoms with Crippen LogP contribution < -0.4 is 16.6 Å².